The van der Waals surface area contributed by atoms with Crippen molar-refractivity contribution in [1.82, 2.24) is 0 Å². The third-order valence-corrected chi connectivity index (χ3v) is 3.08. The van der Waals surface area contributed by atoms with E-state index in [2.05, 4.69) is 6.92 Å². The fourth-order valence-electron chi connectivity index (χ4n) is 1.90. The highest BCUT2D eigenvalue weighted by molar-refractivity contribution is 5.91. The number of carbonyl (C=O) groups excluding carboxylic acids is 1. The zero-order valence-corrected chi connectivity index (χ0v) is 12.3. The average Bonchev–Trinajstić information content (AvgIpc) is 2.50. The maximum atomic E-state index is 11.6. The number of anilines is 1. The molecule has 0 bridgehead atoms. The number of rotatable bonds is 5. The highest BCUT2D eigenvalue weighted by Crippen LogP contribution is 2.28. The number of nitrogen functional groups attached to an aromatic ring is 1. The lowest BCUT2D eigenvalue weighted by atomic mass is 10.1. The minimum atomic E-state index is -0.386. The fourth-order valence-corrected chi connectivity index (χ4v) is 1.90. The van der Waals surface area contributed by atoms with Crippen molar-refractivity contribution in [2.24, 2.45) is 0 Å². The van der Waals surface area contributed by atoms with Gasteiger partial charge in [-0.3, -0.25) is 0 Å². The van der Waals surface area contributed by atoms with Gasteiger partial charge in [0, 0.05) is 0 Å². The van der Waals surface area contributed by atoms with Crippen LogP contribution in [0.25, 0.3) is 0 Å². The van der Waals surface area contributed by atoms with Crippen LogP contribution in [0.1, 0.15) is 29.8 Å². The molecule has 2 aromatic rings. The minimum Gasteiger partial charge on any atom is -0.462 e. The first-order chi connectivity index (χ1) is 10.1. The first kappa shape index (κ1) is 14.9. The zero-order valence-electron chi connectivity index (χ0n) is 12.3. The van der Waals surface area contributed by atoms with Crippen molar-refractivity contribution in [2.45, 2.75) is 20.3 Å². The molecule has 0 saturated carbocycles. The summed E-state index contributed by atoms with van der Waals surface area (Å²) in [6.45, 7) is 4.20. The van der Waals surface area contributed by atoms with Crippen molar-refractivity contribution >= 4 is 11.7 Å². The molecule has 4 heteroatoms. The Balaban J connectivity index is 2.15. The normalized spacial score (nSPS) is 10.2. The van der Waals surface area contributed by atoms with Gasteiger partial charge in [-0.1, -0.05) is 19.1 Å². The third-order valence-electron chi connectivity index (χ3n) is 3.08. The molecule has 0 spiro atoms. The molecule has 0 saturated heterocycles. The topological polar surface area (TPSA) is 61.5 Å². The molecule has 21 heavy (non-hydrogen) atoms. The van der Waals surface area contributed by atoms with E-state index < -0.39 is 0 Å². The molecule has 0 aliphatic heterocycles. The first-order valence-electron chi connectivity index (χ1n) is 6.97. The Morgan fingerprint density at radius 1 is 1.10 bits per heavy atom. The van der Waals surface area contributed by atoms with Crippen molar-refractivity contribution in [3.63, 3.8) is 0 Å². The van der Waals surface area contributed by atoms with E-state index in [9.17, 15) is 4.79 Å². The molecule has 110 valence electrons. The molecular weight excluding hydrogens is 266 g/mol. The first-order valence-corrected chi connectivity index (χ1v) is 6.97. The summed E-state index contributed by atoms with van der Waals surface area (Å²) in [5.41, 5.74) is 7.99. The predicted molar refractivity (Wildman–Crippen MR) is 82.7 cm³/mol. The number of nitrogens with two attached hydrogens (primary N) is 1. The molecule has 0 aromatic heterocycles. The lowest BCUT2D eigenvalue weighted by Crippen LogP contribution is -2.05. The summed E-state index contributed by atoms with van der Waals surface area (Å²) in [4.78, 5) is 11.6. The van der Waals surface area contributed by atoms with Gasteiger partial charge in [0.2, 0.25) is 0 Å². The van der Waals surface area contributed by atoms with Crippen LogP contribution in [0.4, 0.5) is 5.69 Å². The second-order valence-corrected chi connectivity index (χ2v) is 4.57. The Morgan fingerprint density at radius 2 is 1.81 bits per heavy atom. The Morgan fingerprint density at radius 3 is 2.38 bits per heavy atom. The molecule has 2 aromatic carbocycles. The van der Waals surface area contributed by atoms with E-state index in [-0.39, 0.29) is 5.97 Å². The van der Waals surface area contributed by atoms with Crippen LogP contribution in [-0.2, 0) is 11.2 Å². The monoisotopic (exact) mass is 285 g/mol. The Bertz CT molecular complexity index is 620. The van der Waals surface area contributed by atoms with Crippen molar-refractivity contribution in [3.05, 3.63) is 53.6 Å². The standard InChI is InChI=1S/C17H19NO3/c1-3-12-5-8-14(9-6-12)21-16-10-7-13(11-15(16)18)17(19)20-4-2/h5-11H,3-4,18H2,1-2H3. The highest BCUT2D eigenvalue weighted by Gasteiger charge is 2.10. The second kappa shape index (κ2) is 6.79. The molecule has 0 heterocycles. The molecule has 2 rings (SSSR count). The van der Waals surface area contributed by atoms with Crippen LogP contribution in [0, 0.1) is 0 Å². The number of ether oxygens (including phenoxy) is 2. The summed E-state index contributed by atoms with van der Waals surface area (Å²) in [5, 5.41) is 0. The quantitative estimate of drug-likeness (QED) is 0.670. The molecule has 0 unspecified atom stereocenters. The van der Waals surface area contributed by atoms with E-state index in [1.807, 2.05) is 24.3 Å². The molecule has 0 amide bonds. The lowest BCUT2D eigenvalue weighted by molar-refractivity contribution is 0.0526. The third kappa shape index (κ3) is 3.75. The Labute approximate surface area is 124 Å². The number of carbonyl (C=O) groups is 1. The molecule has 0 fully saturated rings. The maximum absolute atomic E-state index is 11.6. The Hall–Kier alpha value is -2.49. The van der Waals surface area contributed by atoms with Crippen molar-refractivity contribution in [1.29, 1.82) is 0 Å². The molecule has 2 N–H and O–H groups in total. The van der Waals surface area contributed by atoms with Crippen LogP contribution >= 0.6 is 0 Å². The van der Waals surface area contributed by atoms with Gasteiger partial charge >= 0.3 is 5.97 Å². The number of hydrogen-bond donors (Lipinski definition) is 1. The lowest BCUT2D eigenvalue weighted by Gasteiger charge is -2.10. The van der Waals surface area contributed by atoms with E-state index in [0.717, 1.165) is 6.42 Å². The van der Waals surface area contributed by atoms with Crippen LogP contribution < -0.4 is 10.5 Å². The van der Waals surface area contributed by atoms with Gasteiger partial charge in [0.25, 0.3) is 0 Å². The maximum Gasteiger partial charge on any atom is 0.338 e. The van der Waals surface area contributed by atoms with Gasteiger partial charge in [-0.05, 0) is 49.2 Å². The van der Waals surface area contributed by atoms with Gasteiger partial charge < -0.3 is 15.2 Å². The fraction of sp³-hybridized carbons (Fsp3) is 0.235. The summed E-state index contributed by atoms with van der Waals surface area (Å²) in [6, 6.07) is 12.7. The number of esters is 1. The van der Waals surface area contributed by atoms with Crippen LogP contribution in [0.15, 0.2) is 42.5 Å². The molecule has 0 aliphatic rings. The molecule has 0 atom stereocenters. The SMILES string of the molecule is CCOC(=O)c1ccc(Oc2ccc(CC)cc2)c(N)c1. The number of benzene rings is 2. The van der Waals surface area contributed by atoms with Crippen LogP contribution in [0.2, 0.25) is 0 Å². The largest absolute Gasteiger partial charge is 0.462 e. The highest BCUT2D eigenvalue weighted by atomic mass is 16.5. The van der Waals surface area contributed by atoms with E-state index in [1.54, 1.807) is 25.1 Å². The van der Waals surface area contributed by atoms with E-state index >= 15 is 0 Å². The average molecular weight is 285 g/mol. The van der Waals surface area contributed by atoms with E-state index in [0.29, 0.717) is 29.4 Å². The van der Waals surface area contributed by atoms with Crippen molar-refractivity contribution in [2.75, 3.05) is 12.3 Å². The molecule has 4 nitrogen and oxygen atoms in total. The van der Waals surface area contributed by atoms with Gasteiger partial charge in [0.05, 0.1) is 17.9 Å². The van der Waals surface area contributed by atoms with Crippen LogP contribution in [0.5, 0.6) is 11.5 Å². The summed E-state index contributed by atoms with van der Waals surface area (Å²) in [7, 11) is 0. The molecule has 0 radical (unpaired) electrons. The van der Waals surface area contributed by atoms with Gasteiger partial charge in [-0.15, -0.1) is 0 Å². The van der Waals surface area contributed by atoms with Crippen molar-refractivity contribution < 1.29 is 14.3 Å². The smallest absolute Gasteiger partial charge is 0.338 e. The minimum absolute atomic E-state index is 0.334. The van der Waals surface area contributed by atoms with Crippen molar-refractivity contribution in [3.8, 4) is 11.5 Å². The predicted octanol–water partition coefficient (Wildman–Crippen LogP) is 3.80. The number of hydrogen-bond acceptors (Lipinski definition) is 4. The van der Waals surface area contributed by atoms with Gasteiger partial charge in [0.1, 0.15) is 11.5 Å². The summed E-state index contributed by atoms with van der Waals surface area (Å²) in [6.07, 6.45) is 0.983. The number of aryl methyl sites for hydroxylation is 1. The Kier molecular flexibility index (Phi) is 4.82. The second-order valence-electron chi connectivity index (χ2n) is 4.57. The summed E-state index contributed by atoms with van der Waals surface area (Å²) < 4.78 is 10.7. The van der Waals surface area contributed by atoms with Crippen LogP contribution in [0.3, 0.4) is 0 Å². The van der Waals surface area contributed by atoms with Gasteiger partial charge in [-0.25, -0.2) is 4.79 Å². The van der Waals surface area contributed by atoms with E-state index in [4.69, 9.17) is 15.2 Å². The molecule has 0 aliphatic carbocycles. The zero-order chi connectivity index (χ0) is 15.2. The summed E-state index contributed by atoms with van der Waals surface area (Å²) >= 11 is 0. The summed E-state index contributed by atoms with van der Waals surface area (Å²) in [5.74, 6) is 0.845. The molecular formula is C17H19NO3. The van der Waals surface area contributed by atoms with Gasteiger partial charge in [-0.2, -0.15) is 0 Å². The van der Waals surface area contributed by atoms with Crippen LogP contribution in [-0.4, -0.2) is 12.6 Å². The van der Waals surface area contributed by atoms with E-state index in [1.165, 1.54) is 5.56 Å². The van der Waals surface area contributed by atoms with Gasteiger partial charge in [0.15, 0.2) is 0 Å².